The summed E-state index contributed by atoms with van der Waals surface area (Å²) >= 11 is 0. The Kier molecular flexibility index (Phi) is 7.00. The lowest BCUT2D eigenvalue weighted by Crippen LogP contribution is -2.34. The van der Waals surface area contributed by atoms with Gasteiger partial charge in [-0.25, -0.2) is 13.9 Å². The topological polar surface area (TPSA) is 82.4 Å². The molecule has 2 aromatic heterocycles. The lowest BCUT2D eigenvalue weighted by atomic mass is 10.2. The van der Waals surface area contributed by atoms with E-state index >= 15 is 0 Å². The number of nitrogens with zero attached hydrogens (tertiary/aromatic N) is 5. The number of fused-ring (bicyclic) bond motifs is 1. The van der Waals surface area contributed by atoms with Crippen molar-refractivity contribution in [3.05, 3.63) is 47.2 Å². The van der Waals surface area contributed by atoms with Gasteiger partial charge in [-0.15, -0.1) is 5.10 Å². The molecule has 0 aliphatic rings. The van der Waals surface area contributed by atoms with Crippen LogP contribution >= 0.6 is 0 Å². The summed E-state index contributed by atoms with van der Waals surface area (Å²) in [6, 6.07) is 4.70. The third kappa shape index (κ3) is 5.47. The highest BCUT2D eigenvalue weighted by Crippen LogP contribution is 2.28. The average Bonchev–Trinajstić information content (AvgIpc) is 3.07. The second kappa shape index (κ2) is 9.56. The van der Waals surface area contributed by atoms with Gasteiger partial charge in [-0.1, -0.05) is 6.08 Å². The Bertz CT molecular complexity index is 1200. The van der Waals surface area contributed by atoms with Crippen LogP contribution in [0.4, 0.5) is 9.18 Å². The van der Waals surface area contributed by atoms with E-state index in [1.807, 2.05) is 41.5 Å². The molecule has 8 nitrogen and oxygen atoms in total. The maximum atomic E-state index is 14.8. The molecule has 0 unspecified atom stereocenters. The van der Waals surface area contributed by atoms with E-state index in [0.717, 1.165) is 11.1 Å². The number of hydrogen-bond acceptors (Lipinski definition) is 6. The van der Waals surface area contributed by atoms with Crippen molar-refractivity contribution in [1.29, 1.82) is 0 Å². The van der Waals surface area contributed by atoms with E-state index in [1.54, 1.807) is 36.0 Å². The first-order valence-electron chi connectivity index (χ1n) is 10.8. The molecule has 3 rings (SSSR count). The molecule has 0 atom stereocenters. The fourth-order valence-electron chi connectivity index (χ4n) is 3.34. The van der Waals surface area contributed by atoms with E-state index in [4.69, 9.17) is 9.47 Å². The third-order valence-electron chi connectivity index (χ3n) is 4.85. The number of rotatable bonds is 6. The van der Waals surface area contributed by atoms with Crippen LogP contribution in [0.3, 0.4) is 0 Å². The van der Waals surface area contributed by atoms with Crippen LogP contribution in [0.15, 0.2) is 24.3 Å². The molecule has 3 aromatic rings. The molecular weight excluding hydrogens is 425 g/mol. The Morgan fingerprint density at radius 2 is 1.97 bits per heavy atom. The number of aromatic nitrogens is 4. The number of ether oxygens (including phenoxy) is 2. The molecule has 0 fully saturated rings. The second-order valence-corrected chi connectivity index (χ2v) is 8.70. The molecule has 9 heteroatoms. The summed E-state index contributed by atoms with van der Waals surface area (Å²) in [5.41, 5.74) is 2.32. The standard InChI is InChI=1S/C24H30FN5O3/c1-8-32-17-11-12-20(18(25)14-17)30-16(3)21-15(2)26-27-19(22(21)28-30)10-9-13-29(7)23(31)33-24(4,5)6/h9-12,14H,8,13H2,1-7H3/b10-9+. The number of aryl methyl sites for hydroxylation is 2. The molecule has 1 aromatic carbocycles. The van der Waals surface area contributed by atoms with Crippen molar-refractivity contribution in [1.82, 2.24) is 24.9 Å². The number of amides is 1. The van der Waals surface area contributed by atoms with Crippen LogP contribution in [-0.4, -0.2) is 56.8 Å². The number of benzene rings is 1. The van der Waals surface area contributed by atoms with Crippen molar-refractivity contribution in [3.63, 3.8) is 0 Å². The first-order valence-corrected chi connectivity index (χ1v) is 10.8. The lowest BCUT2D eigenvalue weighted by Gasteiger charge is -2.23. The predicted octanol–water partition coefficient (Wildman–Crippen LogP) is 4.85. The molecule has 0 spiro atoms. The number of hydrogen-bond donors (Lipinski definition) is 0. The van der Waals surface area contributed by atoms with Crippen molar-refractivity contribution in [2.75, 3.05) is 20.2 Å². The summed E-state index contributed by atoms with van der Waals surface area (Å²) in [4.78, 5) is 13.6. The molecule has 0 saturated heterocycles. The molecule has 33 heavy (non-hydrogen) atoms. The van der Waals surface area contributed by atoms with Crippen LogP contribution in [0.2, 0.25) is 0 Å². The molecule has 0 aliphatic heterocycles. The molecule has 0 radical (unpaired) electrons. The van der Waals surface area contributed by atoms with Gasteiger partial charge in [-0.05, 0) is 59.8 Å². The summed E-state index contributed by atoms with van der Waals surface area (Å²) in [7, 11) is 1.66. The zero-order valence-corrected chi connectivity index (χ0v) is 20.1. The van der Waals surface area contributed by atoms with Gasteiger partial charge in [0.05, 0.1) is 18.0 Å². The van der Waals surface area contributed by atoms with E-state index in [0.29, 0.717) is 41.5 Å². The minimum Gasteiger partial charge on any atom is -0.494 e. The maximum absolute atomic E-state index is 14.8. The van der Waals surface area contributed by atoms with E-state index < -0.39 is 17.5 Å². The normalized spacial score (nSPS) is 11.9. The third-order valence-corrected chi connectivity index (χ3v) is 4.85. The predicted molar refractivity (Wildman–Crippen MR) is 125 cm³/mol. The highest BCUT2D eigenvalue weighted by Gasteiger charge is 2.20. The quantitative estimate of drug-likeness (QED) is 0.528. The van der Waals surface area contributed by atoms with Crippen molar-refractivity contribution >= 4 is 23.1 Å². The smallest absolute Gasteiger partial charge is 0.410 e. The lowest BCUT2D eigenvalue weighted by molar-refractivity contribution is 0.0318. The highest BCUT2D eigenvalue weighted by atomic mass is 19.1. The minimum atomic E-state index is -0.565. The van der Waals surface area contributed by atoms with Gasteiger partial charge in [0.1, 0.15) is 28.2 Å². The van der Waals surface area contributed by atoms with Gasteiger partial charge in [0.15, 0.2) is 5.82 Å². The molecule has 0 saturated carbocycles. The first kappa shape index (κ1) is 24.2. The van der Waals surface area contributed by atoms with Crippen molar-refractivity contribution < 1.29 is 18.7 Å². The van der Waals surface area contributed by atoms with Crippen LogP contribution in [0.25, 0.3) is 22.7 Å². The van der Waals surface area contributed by atoms with Gasteiger partial charge >= 0.3 is 6.09 Å². The summed E-state index contributed by atoms with van der Waals surface area (Å²) < 4.78 is 27.1. The fraction of sp³-hybridized carbons (Fsp3) is 0.417. The van der Waals surface area contributed by atoms with Gasteiger partial charge in [0.2, 0.25) is 0 Å². The van der Waals surface area contributed by atoms with Crippen LogP contribution in [-0.2, 0) is 4.74 Å². The molecule has 2 heterocycles. The van der Waals surface area contributed by atoms with E-state index in [1.165, 1.54) is 11.0 Å². The second-order valence-electron chi connectivity index (χ2n) is 8.70. The summed E-state index contributed by atoms with van der Waals surface area (Å²) in [5.74, 6) is 0.0249. The molecule has 0 bridgehead atoms. The summed E-state index contributed by atoms with van der Waals surface area (Å²) in [6.07, 6.45) is 3.12. The van der Waals surface area contributed by atoms with Crippen LogP contribution < -0.4 is 4.74 Å². The Balaban J connectivity index is 1.92. The van der Waals surface area contributed by atoms with Crippen molar-refractivity contribution in [2.24, 2.45) is 0 Å². The number of likely N-dealkylation sites (N-methyl/N-ethyl adjacent to an activating group) is 1. The Morgan fingerprint density at radius 3 is 2.61 bits per heavy atom. The summed E-state index contributed by atoms with van der Waals surface area (Å²) in [6.45, 7) is 11.8. The van der Waals surface area contributed by atoms with Gasteiger partial charge in [-0.2, -0.15) is 10.2 Å². The molecule has 1 amide bonds. The Morgan fingerprint density at radius 1 is 1.24 bits per heavy atom. The average molecular weight is 456 g/mol. The molecule has 176 valence electrons. The Hall–Kier alpha value is -3.49. The largest absolute Gasteiger partial charge is 0.494 e. The zero-order chi connectivity index (χ0) is 24.3. The van der Waals surface area contributed by atoms with Gasteiger partial charge in [0, 0.05) is 25.0 Å². The Labute approximate surface area is 193 Å². The van der Waals surface area contributed by atoms with E-state index in [-0.39, 0.29) is 0 Å². The van der Waals surface area contributed by atoms with Gasteiger partial charge < -0.3 is 14.4 Å². The number of halogens is 1. The number of carbonyl (C=O) groups is 1. The number of carbonyl (C=O) groups excluding carboxylic acids is 1. The van der Waals surface area contributed by atoms with Crippen LogP contribution in [0.1, 0.15) is 44.8 Å². The minimum absolute atomic E-state index is 0.311. The maximum Gasteiger partial charge on any atom is 0.410 e. The van der Waals surface area contributed by atoms with Crippen LogP contribution in [0.5, 0.6) is 5.75 Å². The van der Waals surface area contributed by atoms with Crippen LogP contribution in [0, 0.1) is 19.7 Å². The molecule has 0 N–H and O–H groups in total. The summed E-state index contributed by atoms with van der Waals surface area (Å²) in [5, 5.41) is 13.9. The fourth-order valence-corrected chi connectivity index (χ4v) is 3.34. The van der Waals surface area contributed by atoms with Crippen molar-refractivity contribution in [2.45, 2.75) is 47.1 Å². The van der Waals surface area contributed by atoms with Crippen molar-refractivity contribution in [3.8, 4) is 11.4 Å². The zero-order valence-electron chi connectivity index (χ0n) is 20.1. The van der Waals surface area contributed by atoms with Gasteiger partial charge in [-0.3, -0.25) is 0 Å². The molecular formula is C24H30FN5O3. The SMILES string of the molecule is CCOc1ccc(-n2nc3c(/C=C/CN(C)C(=O)OC(C)(C)C)nnc(C)c3c2C)c(F)c1. The highest BCUT2D eigenvalue weighted by molar-refractivity contribution is 5.89. The van der Waals surface area contributed by atoms with E-state index in [2.05, 4.69) is 15.3 Å². The van der Waals surface area contributed by atoms with E-state index in [9.17, 15) is 9.18 Å². The first-order chi connectivity index (χ1) is 15.5. The molecule has 0 aliphatic carbocycles. The van der Waals surface area contributed by atoms with Gasteiger partial charge in [0.25, 0.3) is 0 Å². The monoisotopic (exact) mass is 455 g/mol.